The largest absolute Gasteiger partial charge is 0.389 e. The van der Waals surface area contributed by atoms with Crippen LogP contribution in [0.1, 0.15) is 31.7 Å². The zero-order valence-electron chi connectivity index (χ0n) is 13.5. The van der Waals surface area contributed by atoms with Crippen molar-refractivity contribution in [1.29, 1.82) is 0 Å². The number of fused-ring (bicyclic) bond motifs is 3. The van der Waals surface area contributed by atoms with Crippen LogP contribution in [0.5, 0.6) is 0 Å². The number of imidazole rings is 1. The molecule has 0 spiro atoms. The fourth-order valence-corrected chi connectivity index (χ4v) is 4.48. The average molecular weight is 329 g/mol. The number of rotatable bonds is 3. The van der Waals surface area contributed by atoms with Crippen molar-refractivity contribution < 1.29 is 14.6 Å². The van der Waals surface area contributed by atoms with Crippen molar-refractivity contribution in [2.24, 2.45) is 0 Å². The van der Waals surface area contributed by atoms with Gasteiger partial charge in [0.1, 0.15) is 12.1 Å². The van der Waals surface area contributed by atoms with Crippen LogP contribution in [0.4, 0.5) is 0 Å². The van der Waals surface area contributed by atoms with Gasteiger partial charge in [0.25, 0.3) is 0 Å². The van der Waals surface area contributed by atoms with Gasteiger partial charge in [-0.3, -0.25) is 0 Å². The highest BCUT2D eigenvalue weighted by Gasteiger charge is 2.51. The van der Waals surface area contributed by atoms with Crippen LogP contribution in [0, 0.1) is 0 Å². The molecule has 6 heteroatoms. The monoisotopic (exact) mass is 329 g/mol. The van der Waals surface area contributed by atoms with Gasteiger partial charge in [-0.25, -0.2) is 4.98 Å². The van der Waals surface area contributed by atoms with Crippen molar-refractivity contribution in [2.75, 3.05) is 6.61 Å². The Bertz CT molecular complexity index is 727. The maximum atomic E-state index is 11.1. The van der Waals surface area contributed by atoms with E-state index in [4.69, 9.17) is 9.47 Å². The summed E-state index contributed by atoms with van der Waals surface area (Å²) in [6, 6.07) is 8.06. The number of aliphatic hydroxyl groups excluding tert-OH is 1. The molecule has 5 atom stereocenters. The predicted octanol–water partition coefficient (Wildman–Crippen LogP) is 1.59. The van der Waals surface area contributed by atoms with Crippen molar-refractivity contribution in [1.82, 2.24) is 14.9 Å². The fourth-order valence-electron chi connectivity index (χ4n) is 4.48. The Morgan fingerprint density at radius 1 is 1.21 bits per heavy atom. The van der Waals surface area contributed by atoms with Crippen molar-refractivity contribution in [2.45, 2.75) is 62.3 Å². The number of aromatic nitrogens is 2. The zero-order valence-corrected chi connectivity index (χ0v) is 13.5. The Labute approximate surface area is 140 Å². The topological polar surface area (TPSA) is 68.5 Å². The lowest BCUT2D eigenvalue weighted by molar-refractivity contribution is -0.165. The number of nitrogens with one attached hydrogen (secondary N) is 1. The Hall–Kier alpha value is -1.47. The predicted molar refractivity (Wildman–Crippen MR) is 88.6 cm³/mol. The number of hydrogen-bond acceptors (Lipinski definition) is 5. The molecule has 1 aromatic heterocycles. The number of para-hydroxylation sites is 2. The van der Waals surface area contributed by atoms with Crippen molar-refractivity contribution in [3.63, 3.8) is 0 Å². The van der Waals surface area contributed by atoms with E-state index in [2.05, 4.69) is 10.3 Å². The van der Waals surface area contributed by atoms with Gasteiger partial charge < -0.3 is 24.5 Å². The summed E-state index contributed by atoms with van der Waals surface area (Å²) in [5.41, 5.74) is 1.92. The summed E-state index contributed by atoms with van der Waals surface area (Å²) in [6.45, 7) is 0.537. The second-order valence-corrected chi connectivity index (χ2v) is 7.17. The molecular formula is C18H23N3O3. The second-order valence-electron chi connectivity index (χ2n) is 7.17. The number of nitrogens with zero attached hydrogens (tertiary/aromatic N) is 2. The molecule has 3 aliphatic rings. The molecule has 2 bridgehead atoms. The molecule has 2 aromatic rings. The maximum Gasteiger partial charge on any atom is 0.181 e. The van der Waals surface area contributed by atoms with Crippen LogP contribution in [-0.2, 0) is 9.47 Å². The van der Waals surface area contributed by atoms with Crippen LogP contribution in [0.15, 0.2) is 30.6 Å². The summed E-state index contributed by atoms with van der Waals surface area (Å²) in [5, 5.41) is 14.8. The Kier molecular flexibility index (Phi) is 3.59. The highest BCUT2D eigenvalue weighted by Crippen LogP contribution is 2.38. The van der Waals surface area contributed by atoms with Crippen molar-refractivity contribution >= 4 is 11.0 Å². The Morgan fingerprint density at radius 3 is 2.92 bits per heavy atom. The lowest BCUT2D eigenvalue weighted by Gasteiger charge is -2.40. The first-order valence-corrected chi connectivity index (χ1v) is 8.94. The van der Waals surface area contributed by atoms with Crippen molar-refractivity contribution in [3.05, 3.63) is 30.6 Å². The van der Waals surface area contributed by atoms with Gasteiger partial charge in [-0.2, -0.15) is 0 Å². The summed E-state index contributed by atoms with van der Waals surface area (Å²) in [6.07, 6.45) is 5.63. The van der Waals surface area contributed by atoms with E-state index in [1.54, 1.807) is 6.33 Å². The van der Waals surface area contributed by atoms with E-state index in [9.17, 15) is 5.11 Å². The third-order valence-corrected chi connectivity index (χ3v) is 5.72. The number of aliphatic hydroxyl groups is 1. The zero-order chi connectivity index (χ0) is 16.1. The van der Waals surface area contributed by atoms with Crippen LogP contribution in [0.25, 0.3) is 11.0 Å². The first-order chi connectivity index (χ1) is 11.8. The molecular weight excluding hydrogens is 306 g/mol. The third-order valence-electron chi connectivity index (χ3n) is 5.72. The van der Waals surface area contributed by atoms with Crippen LogP contribution >= 0.6 is 0 Å². The molecule has 3 heterocycles. The highest BCUT2D eigenvalue weighted by atomic mass is 16.7. The molecule has 0 amide bonds. The lowest BCUT2D eigenvalue weighted by Crippen LogP contribution is -2.59. The quantitative estimate of drug-likeness (QED) is 0.895. The number of ether oxygens (including phenoxy) is 2. The molecule has 24 heavy (non-hydrogen) atoms. The van der Waals surface area contributed by atoms with E-state index in [-0.39, 0.29) is 18.2 Å². The summed E-state index contributed by atoms with van der Waals surface area (Å²) in [4.78, 5) is 4.46. The second kappa shape index (κ2) is 5.81. The molecule has 3 fully saturated rings. The minimum atomic E-state index is -0.561. The molecule has 1 aliphatic carbocycles. The molecule has 1 aromatic carbocycles. The minimum Gasteiger partial charge on any atom is -0.389 e. The van der Waals surface area contributed by atoms with Crippen molar-refractivity contribution in [3.8, 4) is 0 Å². The average Bonchev–Trinajstić information content (AvgIpc) is 3.33. The van der Waals surface area contributed by atoms with E-state index >= 15 is 0 Å². The van der Waals surface area contributed by atoms with Gasteiger partial charge in [-0.05, 0) is 25.0 Å². The Balaban J connectivity index is 1.48. The molecule has 128 valence electrons. The van der Waals surface area contributed by atoms with Gasteiger partial charge in [0.2, 0.25) is 0 Å². The van der Waals surface area contributed by atoms with Gasteiger partial charge in [0, 0.05) is 6.04 Å². The van der Waals surface area contributed by atoms with E-state index < -0.39 is 12.4 Å². The molecule has 6 nitrogen and oxygen atoms in total. The fraction of sp³-hybridized carbons (Fsp3) is 0.611. The highest BCUT2D eigenvalue weighted by molar-refractivity contribution is 5.75. The minimum absolute atomic E-state index is 0.0726. The van der Waals surface area contributed by atoms with E-state index in [1.807, 2.05) is 28.8 Å². The molecule has 1 saturated carbocycles. The number of hydrogen-bond donors (Lipinski definition) is 2. The summed E-state index contributed by atoms with van der Waals surface area (Å²) in [7, 11) is 0. The van der Waals surface area contributed by atoms with E-state index in [0.717, 1.165) is 11.0 Å². The smallest absolute Gasteiger partial charge is 0.181 e. The molecule has 0 radical (unpaired) electrons. The van der Waals surface area contributed by atoms with Crippen LogP contribution in [-0.4, -0.2) is 51.8 Å². The molecule has 5 rings (SSSR count). The van der Waals surface area contributed by atoms with Gasteiger partial charge in [-0.15, -0.1) is 0 Å². The van der Waals surface area contributed by atoms with Gasteiger partial charge >= 0.3 is 0 Å². The van der Waals surface area contributed by atoms with Crippen LogP contribution in [0.3, 0.4) is 0 Å². The summed E-state index contributed by atoms with van der Waals surface area (Å²) >= 11 is 0. The number of benzene rings is 1. The Morgan fingerprint density at radius 2 is 2.04 bits per heavy atom. The van der Waals surface area contributed by atoms with Gasteiger partial charge in [0.15, 0.2) is 6.29 Å². The maximum absolute atomic E-state index is 11.1. The van der Waals surface area contributed by atoms with Crippen LogP contribution < -0.4 is 5.32 Å². The SMILES string of the molecule is OC1C(NC2CCCC2)C2COC(O2)C1n1cnc2ccccc21. The standard InChI is InChI=1S/C18H23N3O3/c22-17-15(20-11-5-1-2-6-11)14-9-23-18(24-14)16(17)21-10-19-12-7-3-4-8-13(12)21/h3-4,7-8,10-11,14-18,20,22H,1-2,5-6,9H2. The molecule has 5 unspecified atom stereocenters. The van der Waals surface area contributed by atoms with Crippen LogP contribution in [0.2, 0.25) is 0 Å². The van der Waals surface area contributed by atoms with Gasteiger partial charge in [-0.1, -0.05) is 25.0 Å². The summed E-state index contributed by atoms with van der Waals surface area (Å²) in [5.74, 6) is 0. The molecule has 2 saturated heterocycles. The van der Waals surface area contributed by atoms with E-state index in [1.165, 1.54) is 25.7 Å². The first kappa shape index (κ1) is 14.8. The van der Waals surface area contributed by atoms with E-state index in [0.29, 0.717) is 12.6 Å². The summed E-state index contributed by atoms with van der Waals surface area (Å²) < 4.78 is 13.9. The molecule has 2 aliphatic heterocycles. The lowest BCUT2D eigenvalue weighted by atomic mass is 9.94. The van der Waals surface area contributed by atoms with Gasteiger partial charge in [0.05, 0.1) is 36.1 Å². The first-order valence-electron chi connectivity index (χ1n) is 8.94. The third kappa shape index (κ3) is 2.29. The molecule has 2 N–H and O–H groups in total. The normalized spacial score (nSPS) is 36.6.